The zero-order valence-corrected chi connectivity index (χ0v) is 11.2. The minimum atomic E-state index is -0.416. The van der Waals surface area contributed by atoms with E-state index in [-0.39, 0.29) is 0 Å². The average Bonchev–Trinajstić information content (AvgIpc) is 2.65. The first kappa shape index (κ1) is 12.8. The minimum absolute atomic E-state index is 0.416. The molecule has 1 aromatic rings. The maximum atomic E-state index is 9.41. The summed E-state index contributed by atoms with van der Waals surface area (Å²) in [4.78, 5) is 7.40. The molecular formula is C10H18N2OS2. The molecule has 0 amide bonds. The summed E-state index contributed by atoms with van der Waals surface area (Å²) in [6.45, 7) is 3.95. The van der Waals surface area contributed by atoms with E-state index >= 15 is 0 Å². The highest BCUT2D eigenvalue weighted by Crippen LogP contribution is 2.27. The van der Waals surface area contributed by atoms with Gasteiger partial charge in [-0.1, -0.05) is 11.3 Å². The van der Waals surface area contributed by atoms with Crippen LogP contribution in [0.3, 0.4) is 0 Å². The molecule has 0 saturated carbocycles. The number of aromatic nitrogens is 1. The van der Waals surface area contributed by atoms with Gasteiger partial charge in [-0.3, -0.25) is 0 Å². The van der Waals surface area contributed by atoms with Crippen molar-refractivity contribution >= 4 is 28.2 Å². The molecule has 2 atom stereocenters. The smallest absolute Gasteiger partial charge is 0.185 e. The first-order chi connectivity index (χ1) is 7.06. The predicted octanol–water partition coefficient (Wildman–Crippen LogP) is 2.38. The Morgan fingerprint density at radius 3 is 2.73 bits per heavy atom. The van der Waals surface area contributed by atoms with Gasteiger partial charge in [0.25, 0.3) is 0 Å². The molecule has 1 aromatic heterocycles. The molecule has 0 bridgehead atoms. The summed E-state index contributed by atoms with van der Waals surface area (Å²) in [6.07, 6.45) is 3.45. The monoisotopic (exact) mass is 246 g/mol. The maximum absolute atomic E-state index is 9.41. The van der Waals surface area contributed by atoms with Gasteiger partial charge in [0, 0.05) is 25.0 Å². The van der Waals surface area contributed by atoms with E-state index in [0.717, 1.165) is 15.8 Å². The normalized spacial score (nSPS) is 15.0. The van der Waals surface area contributed by atoms with E-state index in [2.05, 4.69) is 23.1 Å². The van der Waals surface area contributed by atoms with Crippen molar-refractivity contribution in [2.45, 2.75) is 26.0 Å². The van der Waals surface area contributed by atoms with Crippen LogP contribution in [0.25, 0.3) is 0 Å². The largest absolute Gasteiger partial charge is 0.388 e. The van der Waals surface area contributed by atoms with E-state index in [1.165, 1.54) is 0 Å². The van der Waals surface area contributed by atoms with Gasteiger partial charge in [0.2, 0.25) is 0 Å². The van der Waals surface area contributed by atoms with Crippen LogP contribution < -0.4 is 4.90 Å². The van der Waals surface area contributed by atoms with Gasteiger partial charge in [-0.25, -0.2) is 4.98 Å². The van der Waals surface area contributed by atoms with Crippen LogP contribution in [0, 0.1) is 0 Å². The molecular weight excluding hydrogens is 228 g/mol. The highest BCUT2D eigenvalue weighted by molar-refractivity contribution is 7.98. The summed E-state index contributed by atoms with van der Waals surface area (Å²) in [5.74, 6) is 1.08. The second-order valence-electron chi connectivity index (χ2n) is 3.64. The van der Waals surface area contributed by atoms with Gasteiger partial charge in [-0.2, -0.15) is 11.8 Å². The number of anilines is 1. The number of aliphatic hydroxyl groups excluding tert-OH is 1. The molecule has 86 valence electrons. The lowest BCUT2D eigenvalue weighted by atomic mass is 10.4. The molecule has 1 heterocycles. The van der Waals surface area contributed by atoms with Gasteiger partial charge in [-0.05, 0) is 20.1 Å². The quantitative estimate of drug-likeness (QED) is 0.865. The highest BCUT2D eigenvalue weighted by atomic mass is 32.2. The predicted molar refractivity (Wildman–Crippen MR) is 69.0 cm³/mol. The first-order valence-corrected chi connectivity index (χ1v) is 7.12. The molecule has 0 aromatic carbocycles. The van der Waals surface area contributed by atoms with E-state index < -0.39 is 6.10 Å². The second kappa shape index (κ2) is 5.72. The van der Waals surface area contributed by atoms with Gasteiger partial charge >= 0.3 is 0 Å². The fraction of sp³-hybridized carbons (Fsp3) is 0.700. The third-order valence-corrected chi connectivity index (χ3v) is 4.37. The number of nitrogens with zero attached hydrogens (tertiary/aromatic N) is 2. The number of hydrogen-bond donors (Lipinski definition) is 1. The number of hydrogen-bond acceptors (Lipinski definition) is 5. The third kappa shape index (κ3) is 3.36. The molecule has 5 heteroatoms. The molecule has 1 N–H and O–H groups in total. The molecule has 0 fully saturated rings. The summed E-state index contributed by atoms with van der Waals surface area (Å²) < 4.78 is 0. The molecule has 0 saturated heterocycles. The van der Waals surface area contributed by atoms with E-state index in [9.17, 15) is 5.11 Å². The second-order valence-corrected chi connectivity index (χ2v) is 5.59. The van der Waals surface area contributed by atoms with Crippen molar-refractivity contribution in [1.82, 2.24) is 4.98 Å². The Morgan fingerprint density at radius 2 is 2.27 bits per heavy atom. The van der Waals surface area contributed by atoms with Gasteiger partial charge < -0.3 is 10.0 Å². The Kier molecular flexibility index (Phi) is 4.89. The van der Waals surface area contributed by atoms with Crippen LogP contribution >= 0.6 is 23.1 Å². The Balaban J connectivity index is 2.69. The van der Waals surface area contributed by atoms with Gasteiger partial charge in [0.15, 0.2) is 5.13 Å². The summed E-state index contributed by atoms with van der Waals surface area (Å²) in [5.41, 5.74) is 0. The van der Waals surface area contributed by atoms with Gasteiger partial charge in [0.1, 0.15) is 0 Å². The zero-order chi connectivity index (χ0) is 11.4. The summed E-state index contributed by atoms with van der Waals surface area (Å²) in [7, 11) is 2.05. The van der Waals surface area contributed by atoms with E-state index in [0.29, 0.717) is 6.04 Å². The Hall–Kier alpha value is -0.260. The molecule has 2 unspecified atom stereocenters. The van der Waals surface area contributed by atoms with E-state index in [1.807, 2.05) is 18.8 Å². The Labute approximate surface area is 99.5 Å². The Bertz CT molecular complexity index is 301. The molecule has 15 heavy (non-hydrogen) atoms. The lowest BCUT2D eigenvalue weighted by Gasteiger charge is -2.23. The van der Waals surface area contributed by atoms with E-state index in [1.54, 1.807) is 24.5 Å². The summed E-state index contributed by atoms with van der Waals surface area (Å²) in [6, 6.07) is 0.466. The van der Waals surface area contributed by atoms with Gasteiger partial charge in [0.05, 0.1) is 11.0 Å². The fourth-order valence-electron chi connectivity index (χ4n) is 1.17. The summed E-state index contributed by atoms with van der Waals surface area (Å²) >= 11 is 3.39. The SMILES string of the molecule is CSCC(C)N(C)c1ncc(C(C)O)s1. The van der Waals surface area contributed by atoms with Crippen LogP contribution in [0.5, 0.6) is 0 Å². The number of rotatable bonds is 5. The molecule has 0 aliphatic rings. The molecule has 3 nitrogen and oxygen atoms in total. The summed E-state index contributed by atoms with van der Waals surface area (Å²) in [5, 5.41) is 10.4. The van der Waals surface area contributed by atoms with Crippen LogP contribution in [0.4, 0.5) is 5.13 Å². The van der Waals surface area contributed by atoms with Crippen LogP contribution in [-0.2, 0) is 0 Å². The van der Waals surface area contributed by atoms with Crippen molar-refractivity contribution in [1.29, 1.82) is 0 Å². The Morgan fingerprint density at radius 1 is 1.60 bits per heavy atom. The third-order valence-electron chi connectivity index (χ3n) is 2.29. The maximum Gasteiger partial charge on any atom is 0.185 e. The van der Waals surface area contributed by atoms with Crippen LogP contribution in [0.2, 0.25) is 0 Å². The zero-order valence-electron chi connectivity index (χ0n) is 9.60. The average molecular weight is 246 g/mol. The topological polar surface area (TPSA) is 36.4 Å². The van der Waals surface area contributed by atoms with Crippen LogP contribution in [0.1, 0.15) is 24.8 Å². The first-order valence-electron chi connectivity index (χ1n) is 4.91. The standard InChI is InChI=1S/C10H18N2OS2/c1-7(6-14-4)12(3)10-11-5-9(15-10)8(2)13/h5,7-8,13H,6H2,1-4H3. The lowest BCUT2D eigenvalue weighted by Crippen LogP contribution is -2.30. The number of thiazole rings is 1. The van der Waals surface area contributed by atoms with Crippen molar-refractivity contribution in [2.75, 3.05) is 24.0 Å². The molecule has 1 rings (SSSR count). The highest BCUT2D eigenvalue weighted by Gasteiger charge is 2.14. The van der Waals surface area contributed by atoms with Crippen LogP contribution in [-0.4, -0.2) is 35.2 Å². The van der Waals surface area contributed by atoms with Crippen LogP contribution in [0.15, 0.2) is 6.20 Å². The van der Waals surface area contributed by atoms with Crippen molar-refractivity contribution in [2.24, 2.45) is 0 Å². The van der Waals surface area contributed by atoms with Crippen molar-refractivity contribution in [3.8, 4) is 0 Å². The minimum Gasteiger partial charge on any atom is -0.388 e. The fourth-order valence-corrected chi connectivity index (χ4v) is 2.80. The van der Waals surface area contributed by atoms with E-state index in [4.69, 9.17) is 0 Å². The molecule has 0 aliphatic heterocycles. The van der Waals surface area contributed by atoms with Gasteiger partial charge in [-0.15, -0.1) is 0 Å². The molecule has 0 spiro atoms. The molecule has 0 aliphatic carbocycles. The number of thioether (sulfide) groups is 1. The van der Waals surface area contributed by atoms with Crippen molar-refractivity contribution in [3.05, 3.63) is 11.1 Å². The number of aliphatic hydroxyl groups is 1. The van der Waals surface area contributed by atoms with Crippen molar-refractivity contribution < 1.29 is 5.11 Å². The lowest BCUT2D eigenvalue weighted by molar-refractivity contribution is 0.203. The van der Waals surface area contributed by atoms with Crippen molar-refractivity contribution in [3.63, 3.8) is 0 Å². The molecule has 0 radical (unpaired) electrons.